The van der Waals surface area contributed by atoms with Crippen LogP contribution in [0.1, 0.15) is 0 Å². The third kappa shape index (κ3) is 3.07. The zero-order chi connectivity index (χ0) is 15.5. The Morgan fingerprint density at radius 3 is 2.23 bits per heavy atom. The maximum Gasteiger partial charge on any atom is 0.141 e. The van der Waals surface area contributed by atoms with Crippen molar-refractivity contribution in [2.24, 2.45) is 0 Å². The van der Waals surface area contributed by atoms with Crippen LogP contribution in [-0.2, 0) is 0 Å². The lowest BCUT2D eigenvalue weighted by atomic mass is 10.0. The van der Waals surface area contributed by atoms with Crippen LogP contribution in [0.5, 0.6) is 11.5 Å². The lowest BCUT2D eigenvalue weighted by Gasteiger charge is -2.11. The minimum atomic E-state index is 0.710. The summed E-state index contributed by atoms with van der Waals surface area (Å²) < 4.78 is 6.72. The fraction of sp³-hybridized carbons (Fsp3) is 0. The summed E-state index contributed by atoms with van der Waals surface area (Å²) in [6, 6.07) is 21.0. The number of nitrogen functional groups attached to an aromatic ring is 2. The van der Waals surface area contributed by atoms with E-state index in [1.54, 1.807) is 0 Å². The van der Waals surface area contributed by atoms with Gasteiger partial charge in [-0.2, -0.15) is 0 Å². The van der Waals surface area contributed by atoms with Gasteiger partial charge in [-0.05, 0) is 64.0 Å². The number of hydrogen-bond donors (Lipinski definition) is 2. The SMILES string of the molecule is Nc1ccc(Oc2ccc(-c3ccccc3N)cc2Br)cc1. The Bertz CT molecular complexity index is 800. The zero-order valence-corrected chi connectivity index (χ0v) is 13.4. The van der Waals surface area contributed by atoms with E-state index in [9.17, 15) is 0 Å². The van der Waals surface area contributed by atoms with Crippen molar-refractivity contribution >= 4 is 27.3 Å². The van der Waals surface area contributed by atoms with Crippen LogP contribution in [0.3, 0.4) is 0 Å². The first-order valence-electron chi connectivity index (χ1n) is 6.81. The van der Waals surface area contributed by atoms with E-state index < -0.39 is 0 Å². The van der Waals surface area contributed by atoms with Gasteiger partial charge < -0.3 is 16.2 Å². The van der Waals surface area contributed by atoms with Crippen LogP contribution in [0.2, 0.25) is 0 Å². The van der Waals surface area contributed by atoms with E-state index in [2.05, 4.69) is 15.9 Å². The van der Waals surface area contributed by atoms with Gasteiger partial charge in [-0.1, -0.05) is 24.3 Å². The molecule has 0 aromatic heterocycles. The first-order chi connectivity index (χ1) is 10.6. The van der Waals surface area contributed by atoms with Crippen molar-refractivity contribution in [2.45, 2.75) is 0 Å². The standard InChI is InChI=1S/C18H15BrN2O/c19-16-11-12(15-3-1-2-4-17(15)21)5-10-18(16)22-14-8-6-13(20)7-9-14/h1-11H,20-21H2. The molecule has 0 aliphatic carbocycles. The minimum absolute atomic E-state index is 0.710. The number of nitrogens with two attached hydrogens (primary N) is 2. The number of hydrogen-bond acceptors (Lipinski definition) is 3. The Kier molecular flexibility index (Phi) is 4.02. The van der Waals surface area contributed by atoms with E-state index in [0.717, 1.165) is 32.8 Å². The predicted octanol–water partition coefficient (Wildman–Crippen LogP) is 5.07. The minimum Gasteiger partial charge on any atom is -0.456 e. The van der Waals surface area contributed by atoms with Crippen LogP contribution >= 0.6 is 15.9 Å². The number of rotatable bonds is 3. The Balaban J connectivity index is 1.89. The highest BCUT2D eigenvalue weighted by Gasteiger charge is 2.07. The molecule has 0 bridgehead atoms. The first-order valence-corrected chi connectivity index (χ1v) is 7.60. The van der Waals surface area contributed by atoms with Gasteiger partial charge in [0.25, 0.3) is 0 Å². The van der Waals surface area contributed by atoms with Crippen LogP contribution < -0.4 is 16.2 Å². The number of halogens is 1. The van der Waals surface area contributed by atoms with Crippen LogP contribution in [0.4, 0.5) is 11.4 Å². The van der Waals surface area contributed by atoms with E-state index in [1.165, 1.54) is 0 Å². The third-order valence-electron chi connectivity index (χ3n) is 3.31. The van der Waals surface area contributed by atoms with Crippen molar-refractivity contribution in [1.29, 1.82) is 0 Å². The monoisotopic (exact) mass is 354 g/mol. The van der Waals surface area contributed by atoms with Crippen molar-refractivity contribution in [2.75, 3.05) is 11.5 Å². The van der Waals surface area contributed by atoms with Gasteiger partial charge >= 0.3 is 0 Å². The van der Waals surface area contributed by atoms with Gasteiger partial charge in [-0.25, -0.2) is 0 Å². The molecule has 0 spiro atoms. The van der Waals surface area contributed by atoms with Crippen molar-refractivity contribution < 1.29 is 4.74 Å². The molecular weight excluding hydrogens is 340 g/mol. The maximum atomic E-state index is 6.02. The molecule has 0 radical (unpaired) electrons. The maximum absolute atomic E-state index is 6.02. The molecule has 4 N–H and O–H groups in total. The summed E-state index contributed by atoms with van der Waals surface area (Å²) in [4.78, 5) is 0. The normalized spacial score (nSPS) is 10.4. The summed E-state index contributed by atoms with van der Waals surface area (Å²) >= 11 is 3.55. The highest BCUT2D eigenvalue weighted by Crippen LogP contribution is 2.35. The molecule has 4 heteroatoms. The summed E-state index contributed by atoms with van der Waals surface area (Å²) in [7, 11) is 0. The molecular formula is C18H15BrN2O. The lowest BCUT2D eigenvalue weighted by Crippen LogP contribution is -1.91. The average Bonchev–Trinajstić information content (AvgIpc) is 2.52. The van der Waals surface area contributed by atoms with Gasteiger partial charge in [0, 0.05) is 16.9 Å². The molecule has 3 aromatic rings. The summed E-state index contributed by atoms with van der Waals surface area (Å²) in [5, 5.41) is 0. The molecule has 0 aliphatic heterocycles. The summed E-state index contributed by atoms with van der Waals surface area (Å²) in [6.45, 7) is 0. The molecule has 22 heavy (non-hydrogen) atoms. The fourth-order valence-corrected chi connectivity index (χ4v) is 2.63. The first kappa shape index (κ1) is 14.5. The Morgan fingerprint density at radius 2 is 1.55 bits per heavy atom. The van der Waals surface area contributed by atoms with Crippen LogP contribution in [0.25, 0.3) is 11.1 Å². The Hall–Kier alpha value is -2.46. The predicted molar refractivity (Wildman–Crippen MR) is 94.9 cm³/mol. The largest absolute Gasteiger partial charge is 0.456 e. The van der Waals surface area contributed by atoms with Crippen molar-refractivity contribution in [1.82, 2.24) is 0 Å². The average molecular weight is 355 g/mol. The second-order valence-electron chi connectivity index (χ2n) is 4.90. The Labute approximate surface area is 137 Å². The van der Waals surface area contributed by atoms with E-state index >= 15 is 0 Å². The number of benzene rings is 3. The smallest absolute Gasteiger partial charge is 0.141 e. The molecule has 110 valence electrons. The van der Waals surface area contributed by atoms with Gasteiger partial charge in [0.1, 0.15) is 11.5 Å². The molecule has 3 aromatic carbocycles. The molecule has 0 fully saturated rings. The van der Waals surface area contributed by atoms with Crippen molar-refractivity contribution in [3.05, 3.63) is 71.2 Å². The highest BCUT2D eigenvalue weighted by molar-refractivity contribution is 9.10. The molecule has 0 aliphatic rings. The van der Waals surface area contributed by atoms with Crippen LogP contribution in [0.15, 0.2) is 71.2 Å². The van der Waals surface area contributed by atoms with E-state index in [-0.39, 0.29) is 0 Å². The fourth-order valence-electron chi connectivity index (χ4n) is 2.17. The molecule has 0 atom stereocenters. The molecule has 0 heterocycles. The third-order valence-corrected chi connectivity index (χ3v) is 3.93. The van der Waals surface area contributed by atoms with Crippen molar-refractivity contribution in [3.63, 3.8) is 0 Å². The van der Waals surface area contributed by atoms with Crippen LogP contribution in [-0.4, -0.2) is 0 Å². The number of para-hydroxylation sites is 1. The van der Waals surface area contributed by atoms with Gasteiger partial charge in [-0.15, -0.1) is 0 Å². The van der Waals surface area contributed by atoms with E-state index in [0.29, 0.717) is 5.69 Å². The van der Waals surface area contributed by atoms with Crippen molar-refractivity contribution in [3.8, 4) is 22.6 Å². The molecule has 3 nitrogen and oxygen atoms in total. The molecule has 0 amide bonds. The highest BCUT2D eigenvalue weighted by atomic mass is 79.9. The molecule has 0 saturated carbocycles. The van der Waals surface area contributed by atoms with Gasteiger partial charge in [0.2, 0.25) is 0 Å². The Morgan fingerprint density at radius 1 is 0.818 bits per heavy atom. The summed E-state index contributed by atoms with van der Waals surface area (Å²) in [6.07, 6.45) is 0. The quantitative estimate of drug-likeness (QED) is 0.645. The van der Waals surface area contributed by atoms with E-state index in [4.69, 9.17) is 16.2 Å². The lowest BCUT2D eigenvalue weighted by molar-refractivity contribution is 0.480. The second kappa shape index (κ2) is 6.12. The molecule has 0 saturated heterocycles. The second-order valence-corrected chi connectivity index (χ2v) is 5.76. The number of anilines is 2. The molecule has 0 unspecified atom stereocenters. The van der Waals surface area contributed by atoms with Gasteiger partial charge in [-0.3, -0.25) is 0 Å². The zero-order valence-electron chi connectivity index (χ0n) is 11.8. The summed E-state index contributed by atoms with van der Waals surface area (Å²) in [5.41, 5.74) is 15.2. The van der Waals surface area contributed by atoms with Gasteiger partial charge in [0.15, 0.2) is 0 Å². The molecule has 3 rings (SSSR count). The van der Waals surface area contributed by atoms with E-state index in [1.807, 2.05) is 66.7 Å². The van der Waals surface area contributed by atoms with Crippen LogP contribution in [0, 0.1) is 0 Å². The summed E-state index contributed by atoms with van der Waals surface area (Å²) in [5.74, 6) is 1.48. The van der Waals surface area contributed by atoms with Gasteiger partial charge in [0.05, 0.1) is 4.47 Å². The topological polar surface area (TPSA) is 61.3 Å². The number of ether oxygens (including phenoxy) is 1.